The van der Waals surface area contributed by atoms with Gasteiger partial charge in [0.05, 0.1) is 0 Å². The zero-order valence-electron chi connectivity index (χ0n) is 14.1. The van der Waals surface area contributed by atoms with E-state index in [4.69, 9.17) is 0 Å². The maximum absolute atomic E-state index is 14.1. The van der Waals surface area contributed by atoms with Gasteiger partial charge in [-0.05, 0) is 86.1 Å². The molecule has 4 rings (SSSR count). The number of nitrogens with zero attached hydrogens (tertiary/aromatic N) is 1. The molecule has 24 heavy (non-hydrogen) atoms. The summed E-state index contributed by atoms with van der Waals surface area (Å²) >= 11 is 0. The molecule has 1 fully saturated rings. The second-order valence-electron chi connectivity index (χ2n) is 7.30. The van der Waals surface area contributed by atoms with Crippen molar-refractivity contribution in [1.82, 2.24) is 4.90 Å². The molecule has 1 unspecified atom stereocenters. The van der Waals surface area contributed by atoms with E-state index in [0.717, 1.165) is 55.5 Å². The van der Waals surface area contributed by atoms with Crippen LogP contribution in [0.2, 0.25) is 0 Å². The van der Waals surface area contributed by atoms with Gasteiger partial charge in [-0.3, -0.25) is 0 Å². The quantitative estimate of drug-likeness (QED) is 0.867. The van der Waals surface area contributed by atoms with E-state index in [1.54, 1.807) is 6.07 Å². The van der Waals surface area contributed by atoms with Crippen LogP contribution < -0.4 is 0 Å². The highest BCUT2D eigenvalue weighted by Gasteiger charge is 2.44. The smallest absolute Gasteiger partial charge is 0.123 e. The maximum atomic E-state index is 14.1. The minimum Gasteiger partial charge on any atom is -0.380 e. The van der Waals surface area contributed by atoms with Gasteiger partial charge in [-0.15, -0.1) is 0 Å². The van der Waals surface area contributed by atoms with Crippen molar-refractivity contribution in [1.29, 1.82) is 0 Å². The molecule has 1 atom stereocenters. The lowest BCUT2D eigenvalue weighted by molar-refractivity contribution is -0.0116. The Morgan fingerprint density at radius 1 is 1.00 bits per heavy atom. The average Bonchev–Trinajstić information content (AvgIpc) is 2.72. The molecule has 1 N–H and O–H groups in total. The van der Waals surface area contributed by atoms with Gasteiger partial charge in [0.1, 0.15) is 11.4 Å². The number of fused-ring (bicyclic) bond motifs is 2. The van der Waals surface area contributed by atoms with Crippen molar-refractivity contribution in [3.05, 3.63) is 70.5 Å². The first-order valence-electron chi connectivity index (χ1n) is 8.87. The van der Waals surface area contributed by atoms with Crippen LogP contribution in [0.25, 0.3) is 0 Å². The molecule has 0 aromatic heterocycles. The van der Waals surface area contributed by atoms with Gasteiger partial charge in [-0.2, -0.15) is 0 Å². The van der Waals surface area contributed by atoms with Gasteiger partial charge < -0.3 is 10.0 Å². The second-order valence-corrected chi connectivity index (χ2v) is 7.30. The second kappa shape index (κ2) is 5.98. The van der Waals surface area contributed by atoms with Crippen LogP contribution in [-0.2, 0) is 18.4 Å². The van der Waals surface area contributed by atoms with Crippen LogP contribution in [0.1, 0.15) is 35.1 Å². The fraction of sp³-hybridized carbons (Fsp3) is 0.429. The summed E-state index contributed by atoms with van der Waals surface area (Å²) in [5.74, 6) is -0.145. The lowest BCUT2D eigenvalue weighted by Gasteiger charge is -2.42. The molecular weight excluding hydrogens is 301 g/mol. The van der Waals surface area contributed by atoms with Crippen LogP contribution in [0.15, 0.2) is 42.5 Å². The number of aliphatic hydroxyl groups is 1. The van der Waals surface area contributed by atoms with Crippen molar-refractivity contribution >= 4 is 0 Å². The van der Waals surface area contributed by atoms with Gasteiger partial charge in [-0.25, -0.2) is 4.39 Å². The molecule has 126 valence electrons. The Labute approximate surface area is 142 Å². The zero-order chi connectivity index (χ0) is 16.7. The van der Waals surface area contributed by atoms with Crippen LogP contribution >= 0.6 is 0 Å². The van der Waals surface area contributed by atoms with Crippen molar-refractivity contribution < 1.29 is 9.50 Å². The molecule has 3 heteroatoms. The summed E-state index contributed by atoms with van der Waals surface area (Å²) in [5.41, 5.74) is 2.93. The molecule has 0 radical (unpaired) electrons. The lowest BCUT2D eigenvalue weighted by atomic mass is 9.70. The molecule has 0 spiro atoms. The molecule has 2 aliphatic rings. The van der Waals surface area contributed by atoms with Gasteiger partial charge in [0.25, 0.3) is 0 Å². The van der Waals surface area contributed by atoms with E-state index < -0.39 is 5.60 Å². The third-order valence-corrected chi connectivity index (χ3v) is 5.88. The fourth-order valence-electron chi connectivity index (χ4n) is 4.51. The van der Waals surface area contributed by atoms with E-state index in [1.807, 2.05) is 24.3 Å². The van der Waals surface area contributed by atoms with Gasteiger partial charge in [0.15, 0.2) is 0 Å². The summed E-state index contributed by atoms with van der Waals surface area (Å²) in [6.45, 7) is 1.94. The van der Waals surface area contributed by atoms with Crippen LogP contribution in [-0.4, -0.2) is 30.1 Å². The Morgan fingerprint density at radius 2 is 1.67 bits per heavy atom. The maximum Gasteiger partial charge on any atom is 0.123 e. The molecule has 1 heterocycles. The topological polar surface area (TPSA) is 23.5 Å². The molecule has 0 saturated carbocycles. The first-order chi connectivity index (χ1) is 11.6. The highest BCUT2D eigenvalue weighted by atomic mass is 19.1. The van der Waals surface area contributed by atoms with E-state index in [-0.39, 0.29) is 11.7 Å². The van der Waals surface area contributed by atoms with Crippen LogP contribution in [0, 0.1) is 11.7 Å². The molecule has 1 saturated heterocycles. The van der Waals surface area contributed by atoms with Crippen LogP contribution in [0.3, 0.4) is 0 Å². The largest absolute Gasteiger partial charge is 0.380 e. The number of hydrogen-bond donors (Lipinski definition) is 1. The van der Waals surface area contributed by atoms with Gasteiger partial charge in [0, 0.05) is 0 Å². The van der Waals surface area contributed by atoms with Crippen molar-refractivity contribution in [2.45, 2.75) is 31.3 Å². The summed E-state index contributed by atoms with van der Waals surface area (Å²) in [6.07, 6.45) is 3.60. The lowest BCUT2D eigenvalue weighted by Crippen LogP contribution is -2.43. The molecule has 0 amide bonds. The molecule has 2 aromatic rings. The zero-order valence-corrected chi connectivity index (χ0v) is 14.1. The van der Waals surface area contributed by atoms with E-state index in [1.165, 1.54) is 11.6 Å². The number of benzene rings is 2. The molecule has 0 bridgehead atoms. The minimum atomic E-state index is -1.09. The van der Waals surface area contributed by atoms with E-state index in [0.29, 0.717) is 0 Å². The summed E-state index contributed by atoms with van der Waals surface area (Å²) in [4.78, 5) is 2.30. The van der Waals surface area contributed by atoms with Gasteiger partial charge in [-0.1, -0.05) is 30.3 Å². The first-order valence-corrected chi connectivity index (χ1v) is 8.87. The van der Waals surface area contributed by atoms with E-state index >= 15 is 0 Å². The molecule has 2 aromatic carbocycles. The number of likely N-dealkylation sites (tertiary alicyclic amines) is 1. The highest BCUT2D eigenvalue weighted by Crippen LogP contribution is 2.46. The Balaban J connectivity index is 1.91. The first kappa shape index (κ1) is 15.8. The standard InChI is InChI=1S/C21H24FNO/c1-23-12-10-17(11-13-23)21(24)19-5-3-2-4-15(19)6-7-16-8-9-18(22)14-20(16)21/h2-5,8-9,14,17,24H,6-7,10-13H2,1H3. The number of hydrogen-bond acceptors (Lipinski definition) is 2. The normalized spacial score (nSPS) is 25.0. The number of rotatable bonds is 1. The number of piperidine rings is 1. The summed E-state index contributed by atoms with van der Waals surface area (Å²) in [5, 5.41) is 12.0. The Morgan fingerprint density at radius 3 is 2.42 bits per heavy atom. The van der Waals surface area contributed by atoms with Crippen molar-refractivity contribution in [2.24, 2.45) is 5.92 Å². The van der Waals surface area contributed by atoms with Gasteiger partial charge >= 0.3 is 0 Å². The molecule has 1 aliphatic heterocycles. The van der Waals surface area contributed by atoms with E-state index in [2.05, 4.69) is 18.0 Å². The average molecular weight is 325 g/mol. The molecule has 2 nitrogen and oxygen atoms in total. The predicted octanol–water partition coefficient (Wildman–Crippen LogP) is 3.50. The minimum absolute atomic E-state index is 0.119. The molecule has 1 aliphatic carbocycles. The van der Waals surface area contributed by atoms with Gasteiger partial charge in [0.2, 0.25) is 0 Å². The van der Waals surface area contributed by atoms with E-state index in [9.17, 15) is 9.50 Å². The number of halogens is 1. The number of aryl methyl sites for hydroxylation is 2. The third kappa shape index (κ3) is 2.47. The third-order valence-electron chi connectivity index (χ3n) is 5.88. The summed E-state index contributed by atoms with van der Waals surface area (Å²) in [7, 11) is 2.12. The summed E-state index contributed by atoms with van der Waals surface area (Å²) in [6, 6.07) is 13.1. The van der Waals surface area contributed by atoms with Crippen LogP contribution in [0.5, 0.6) is 0 Å². The Kier molecular flexibility index (Phi) is 3.93. The monoisotopic (exact) mass is 325 g/mol. The SMILES string of the molecule is CN1CCC(C2(O)c3ccccc3CCc3ccc(F)cc32)CC1. The predicted molar refractivity (Wildman–Crippen MR) is 93.5 cm³/mol. The molecular formula is C21H24FNO. The van der Waals surface area contributed by atoms with Crippen LogP contribution in [0.4, 0.5) is 4.39 Å². The highest BCUT2D eigenvalue weighted by molar-refractivity contribution is 5.48. The Bertz CT molecular complexity index is 751. The van der Waals surface area contributed by atoms with Crippen molar-refractivity contribution in [3.63, 3.8) is 0 Å². The van der Waals surface area contributed by atoms with Crippen molar-refractivity contribution in [3.8, 4) is 0 Å². The van der Waals surface area contributed by atoms with Crippen molar-refractivity contribution in [2.75, 3.05) is 20.1 Å². The summed E-state index contributed by atoms with van der Waals surface area (Å²) < 4.78 is 14.1. The fourth-order valence-corrected chi connectivity index (χ4v) is 4.51. The Hall–Kier alpha value is -1.71.